The van der Waals surface area contributed by atoms with Gasteiger partial charge in [-0.15, -0.1) is 11.3 Å². The minimum atomic E-state index is -0.0433. The Labute approximate surface area is 159 Å². The molecule has 26 heavy (non-hydrogen) atoms. The third-order valence-electron chi connectivity index (χ3n) is 4.78. The minimum absolute atomic E-state index is 0.0433. The van der Waals surface area contributed by atoms with Crippen LogP contribution in [-0.4, -0.2) is 51.0 Å². The average Bonchev–Trinajstić information content (AvgIpc) is 2.91. The largest absolute Gasteiger partial charge is 0.353 e. The van der Waals surface area contributed by atoms with Crippen molar-refractivity contribution in [1.29, 1.82) is 0 Å². The van der Waals surface area contributed by atoms with Crippen molar-refractivity contribution in [3.8, 4) is 0 Å². The maximum atomic E-state index is 12.4. The van der Waals surface area contributed by atoms with Crippen LogP contribution in [0.2, 0.25) is 5.02 Å². The predicted molar refractivity (Wildman–Crippen MR) is 104 cm³/mol. The smallest absolute Gasteiger partial charge is 0.259 e. The highest BCUT2D eigenvalue weighted by Gasteiger charge is 2.21. The van der Waals surface area contributed by atoms with E-state index in [9.17, 15) is 4.79 Å². The van der Waals surface area contributed by atoms with Gasteiger partial charge in [-0.3, -0.25) is 9.69 Å². The lowest BCUT2D eigenvalue weighted by Crippen LogP contribution is -2.46. The molecule has 4 rings (SSSR count). The fourth-order valence-corrected chi connectivity index (χ4v) is 4.52. The number of hydrogen-bond donors (Lipinski definition) is 1. The monoisotopic (exact) mass is 390 g/mol. The van der Waals surface area contributed by atoms with E-state index in [1.807, 2.05) is 13.8 Å². The molecule has 0 aliphatic carbocycles. The first kappa shape index (κ1) is 17.4. The zero-order chi connectivity index (χ0) is 18.3. The number of aryl methyl sites for hydroxylation is 2. The van der Waals surface area contributed by atoms with Gasteiger partial charge in [-0.1, -0.05) is 11.6 Å². The molecule has 1 aliphatic rings. The highest BCUT2D eigenvalue weighted by atomic mass is 35.5. The topological polar surface area (TPSA) is 78.0 Å². The molecule has 4 heterocycles. The van der Waals surface area contributed by atoms with E-state index in [1.165, 1.54) is 6.33 Å². The highest BCUT2D eigenvalue weighted by molar-refractivity contribution is 7.18. The molecule has 1 aliphatic heterocycles. The number of anilines is 1. The Morgan fingerprint density at radius 3 is 2.77 bits per heavy atom. The molecule has 0 radical (unpaired) electrons. The molecule has 1 saturated heterocycles. The summed E-state index contributed by atoms with van der Waals surface area (Å²) in [5.41, 5.74) is 0.985. The first-order valence-electron chi connectivity index (χ1n) is 8.44. The van der Waals surface area contributed by atoms with Crippen LogP contribution in [0.4, 0.5) is 5.82 Å². The van der Waals surface area contributed by atoms with Gasteiger partial charge in [-0.2, -0.15) is 0 Å². The van der Waals surface area contributed by atoms with Crippen LogP contribution in [-0.2, 0) is 6.54 Å². The standard InChI is InChI=1S/C17H19ClN6OS/c1-10-11(2)26-17-14(10)16(25)21-13(22-17)8-23-3-5-24(6-4-23)15-12(18)7-19-9-20-15/h7,9H,3-6,8H2,1-2H3,(H,21,22,25). The molecule has 3 aromatic heterocycles. The molecule has 0 amide bonds. The zero-order valence-electron chi connectivity index (χ0n) is 14.6. The van der Waals surface area contributed by atoms with Crippen molar-refractivity contribution in [1.82, 2.24) is 24.8 Å². The van der Waals surface area contributed by atoms with Crippen LogP contribution in [0.3, 0.4) is 0 Å². The van der Waals surface area contributed by atoms with Crippen LogP contribution in [0.15, 0.2) is 17.3 Å². The summed E-state index contributed by atoms with van der Waals surface area (Å²) in [7, 11) is 0. The Kier molecular flexibility index (Phi) is 4.64. The summed E-state index contributed by atoms with van der Waals surface area (Å²) in [6.07, 6.45) is 3.13. The van der Waals surface area contributed by atoms with Crippen molar-refractivity contribution in [3.63, 3.8) is 0 Å². The molecule has 1 fully saturated rings. The number of H-pyrrole nitrogens is 1. The fourth-order valence-electron chi connectivity index (χ4n) is 3.24. The van der Waals surface area contributed by atoms with Crippen molar-refractivity contribution in [3.05, 3.63) is 44.2 Å². The third kappa shape index (κ3) is 3.20. The van der Waals surface area contributed by atoms with Gasteiger partial charge in [0.15, 0.2) is 5.82 Å². The number of thiophene rings is 1. The van der Waals surface area contributed by atoms with Crippen LogP contribution < -0.4 is 10.5 Å². The number of hydrogen-bond acceptors (Lipinski definition) is 7. The molecule has 0 atom stereocenters. The molecule has 0 saturated carbocycles. The molecule has 0 unspecified atom stereocenters. The first-order chi connectivity index (χ1) is 12.5. The van der Waals surface area contributed by atoms with Crippen molar-refractivity contribution in [2.24, 2.45) is 0 Å². The molecular formula is C17H19ClN6OS. The SMILES string of the molecule is Cc1sc2nc(CN3CCN(c4ncncc4Cl)CC3)[nH]c(=O)c2c1C. The normalized spacial score (nSPS) is 15.7. The van der Waals surface area contributed by atoms with Gasteiger partial charge in [0, 0.05) is 31.1 Å². The Bertz CT molecular complexity index is 1010. The zero-order valence-corrected chi connectivity index (χ0v) is 16.2. The van der Waals surface area contributed by atoms with E-state index in [0.717, 1.165) is 58.5 Å². The number of rotatable bonds is 3. The average molecular weight is 391 g/mol. The minimum Gasteiger partial charge on any atom is -0.353 e. The molecule has 0 spiro atoms. The van der Waals surface area contributed by atoms with E-state index in [4.69, 9.17) is 11.6 Å². The van der Waals surface area contributed by atoms with Crippen LogP contribution in [0, 0.1) is 13.8 Å². The Morgan fingerprint density at radius 1 is 1.27 bits per heavy atom. The molecule has 1 N–H and O–H groups in total. The Hall–Kier alpha value is -2.03. The highest BCUT2D eigenvalue weighted by Crippen LogP contribution is 2.26. The quantitative estimate of drug-likeness (QED) is 0.739. The Balaban J connectivity index is 1.47. The molecule has 0 aromatic carbocycles. The van der Waals surface area contributed by atoms with E-state index >= 15 is 0 Å². The summed E-state index contributed by atoms with van der Waals surface area (Å²) >= 11 is 7.76. The van der Waals surface area contributed by atoms with Crippen molar-refractivity contribution < 1.29 is 0 Å². The van der Waals surface area contributed by atoms with Gasteiger partial charge >= 0.3 is 0 Å². The maximum Gasteiger partial charge on any atom is 0.259 e. The lowest BCUT2D eigenvalue weighted by atomic mass is 10.2. The van der Waals surface area contributed by atoms with E-state index in [0.29, 0.717) is 11.6 Å². The lowest BCUT2D eigenvalue weighted by molar-refractivity contribution is 0.243. The van der Waals surface area contributed by atoms with Crippen LogP contribution in [0.5, 0.6) is 0 Å². The van der Waals surface area contributed by atoms with Crippen LogP contribution in [0.1, 0.15) is 16.3 Å². The van der Waals surface area contributed by atoms with Gasteiger partial charge in [0.2, 0.25) is 0 Å². The second kappa shape index (κ2) is 6.94. The van der Waals surface area contributed by atoms with Gasteiger partial charge in [-0.25, -0.2) is 15.0 Å². The van der Waals surface area contributed by atoms with Crippen LogP contribution in [0.25, 0.3) is 10.2 Å². The molecule has 136 valence electrons. The number of nitrogens with one attached hydrogen (secondary N) is 1. The molecular weight excluding hydrogens is 372 g/mol. The van der Waals surface area contributed by atoms with Gasteiger partial charge in [-0.05, 0) is 19.4 Å². The van der Waals surface area contributed by atoms with Gasteiger partial charge in [0.05, 0.1) is 18.1 Å². The number of aromatic nitrogens is 4. The van der Waals surface area contributed by atoms with Crippen molar-refractivity contribution in [2.75, 3.05) is 31.1 Å². The second-order valence-electron chi connectivity index (χ2n) is 6.43. The fraction of sp³-hybridized carbons (Fsp3) is 0.412. The summed E-state index contributed by atoms with van der Waals surface area (Å²) < 4.78 is 0. The summed E-state index contributed by atoms with van der Waals surface area (Å²) in [5.74, 6) is 1.50. The van der Waals surface area contributed by atoms with Gasteiger partial charge < -0.3 is 9.88 Å². The second-order valence-corrected chi connectivity index (χ2v) is 8.04. The molecule has 9 heteroatoms. The van der Waals surface area contributed by atoms with Crippen molar-refractivity contribution in [2.45, 2.75) is 20.4 Å². The van der Waals surface area contributed by atoms with E-state index in [1.54, 1.807) is 17.5 Å². The molecule has 3 aromatic rings. The van der Waals surface area contributed by atoms with E-state index in [2.05, 4.69) is 29.7 Å². The third-order valence-corrected chi connectivity index (χ3v) is 6.15. The van der Waals surface area contributed by atoms with E-state index in [-0.39, 0.29) is 5.56 Å². The van der Waals surface area contributed by atoms with E-state index < -0.39 is 0 Å². The number of piperazine rings is 1. The summed E-state index contributed by atoms with van der Waals surface area (Å²) in [6, 6.07) is 0. The van der Waals surface area contributed by atoms with Gasteiger partial charge in [0.25, 0.3) is 5.56 Å². The van der Waals surface area contributed by atoms with Crippen molar-refractivity contribution >= 4 is 39.0 Å². The van der Waals surface area contributed by atoms with Crippen LogP contribution >= 0.6 is 22.9 Å². The molecule has 7 nitrogen and oxygen atoms in total. The number of nitrogens with zero attached hydrogens (tertiary/aromatic N) is 5. The number of fused-ring (bicyclic) bond motifs is 1. The number of aromatic amines is 1. The summed E-state index contributed by atoms with van der Waals surface area (Å²) in [4.78, 5) is 34.6. The molecule has 0 bridgehead atoms. The Morgan fingerprint density at radius 2 is 2.04 bits per heavy atom. The maximum absolute atomic E-state index is 12.4. The first-order valence-corrected chi connectivity index (χ1v) is 9.64. The number of halogens is 1. The lowest BCUT2D eigenvalue weighted by Gasteiger charge is -2.35. The summed E-state index contributed by atoms with van der Waals surface area (Å²) in [6.45, 7) is 7.98. The van der Waals surface area contributed by atoms with Gasteiger partial charge in [0.1, 0.15) is 22.0 Å². The predicted octanol–water partition coefficient (Wildman–Crippen LogP) is 2.37. The summed E-state index contributed by atoms with van der Waals surface area (Å²) in [5, 5.41) is 1.29.